The molecule has 0 atom stereocenters. The molecule has 0 saturated heterocycles. The topological polar surface area (TPSA) is 140 Å². The number of hydrogen-bond donors (Lipinski definition) is 3. The molecular weight excluding hydrogens is 450 g/mol. The lowest BCUT2D eigenvalue weighted by atomic mass is 9.91. The van der Waals surface area contributed by atoms with Crippen molar-refractivity contribution in [2.75, 3.05) is 6.61 Å². The predicted octanol–water partition coefficient (Wildman–Crippen LogP) is 4.60. The molecular formula is C27H33NO7. The molecule has 35 heavy (non-hydrogen) atoms. The first-order valence-corrected chi connectivity index (χ1v) is 11.8. The standard InChI is InChI=1S/C27H33NO7/c1-13(2)6-8-16-18(30)10-20-25(26(16)32)27(33)24-17(9-7-14(3)4)23(15(5)29)19(11-21(24)35-20)34-12-22(28)31/h10-11,13-14,30,32H,6-9,12H2,1-5H3,(H2,28,31). The fourth-order valence-corrected chi connectivity index (χ4v) is 4.24. The molecule has 1 heterocycles. The quantitative estimate of drug-likeness (QED) is 0.283. The van der Waals surface area contributed by atoms with Crippen LogP contribution in [0.3, 0.4) is 0 Å². The van der Waals surface area contributed by atoms with Crippen molar-refractivity contribution in [3.05, 3.63) is 39.0 Å². The molecule has 0 saturated carbocycles. The van der Waals surface area contributed by atoms with Crippen molar-refractivity contribution < 1.29 is 29.0 Å². The van der Waals surface area contributed by atoms with E-state index in [0.717, 1.165) is 0 Å². The number of hydrogen-bond acceptors (Lipinski definition) is 7. The molecule has 1 amide bonds. The number of ether oxygens (including phenoxy) is 1. The van der Waals surface area contributed by atoms with Crippen LogP contribution in [0.5, 0.6) is 17.2 Å². The summed E-state index contributed by atoms with van der Waals surface area (Å²) in [5.74, 6) is -0.831. The number of fused-ring (bicyclic) bond motifs is 2. The molecule has 0 fully saturated rings. The Hall–Kier alpha value is -3.55. The zero-order chi connectivity index (χ0) is 26.0. The number of phenols is 2. The van der Waals surface area contributed by atoms with E-state index in [1.807, 2.05) is 27.7 Å². The van der Waals surface area contributed by atoms with Crippen LogP contribution in [0, 0.1) is 11.8 Å². The number of aryl methyl sites for hydroxylation is 1. The van der Waals surface area contributed by atoms with Gasteiger partial charge in [-0.25, -0.2) is 0 Å². The van der Waals surface area contributed by atoms with Crippen molar-refractivity contribution >= 4 is 33.6 Å². The van der Waals surface area contributed by atoms with Crippen molar-refractivity contribution in [3.63, 3.8) is 0 Å². The van der Waals surface area contributed by atoms with Gasteiger partial charge in [0, 0.05) is 17.7 Å². The average molecular weight is 484 g/mol. The van der Waals surface area contributed by atoms with E-state index in [0.29, 0.717) is 37.2 Å². The van der Waals surface area contributed by atoms with Crippen LogP contribution in [0.4, 0.5) is 0 Å². The Bertz CT molecular complexity index is 1350. The van der Waals surface area contributed by atoms with E-state index in [1.165, 1.54) is 19.1 Å². The number of phenolic OH excluding ortho intramolecular Hbond substituents is 2. The Labute approximate surface area is 203 Å². The first-order chi connectivity index (χ1) is 16.4. The maximum absolute atomic E-state index is 13.8. The molecule has 0 bridgehead atoms. The molecule has 0 aliphatic rings. The molecule has 8 heteroatoms. The Kier molecular flexibility index (Phi) is 7.73. The number of carbonyl (C=O) groups excluding carboxylic acids is 2. The average Bonchev–Trinajstić information content (AvgIpc) is 2.74. The summed E-state index contributed by atoms with van der Waals surface area (Å²) in [5.41, 5.74) is 5.78. The van der Waals surface area contributed by atoms with E-state index >= 15 is 0 Å². The lowest BCUT2D eigenvalue weighted by Crippen LogP contribution is -2.21. The van der Waals surface area contributed by atoms with Gasteiger partial charge in [-0.15, -0.1) is 0 Å². The molecule has 2 aromatic carbocycles. The lowest BCUT2D eigenvalue weighted by Gasteiger charge is -2.18. The molecule has 4 N–H and O–H groups in total. The number of amides is 1. The molecule has 1 aromatic heterocycles. The molecule has 3 aromatic rings. The summed E-state index contributed by atoms with van der Waals surface area (Å²) >= 11 is 0. The SMILES string of the molecule is CC(=O)c1c(OCC(N)=O)cc2oc3cc(O)c(CCC(C)C)c(O)c3c(=O)c2c1CCC(C)C. The van der Waals surface area contributed by atoms with E-state index in [9.17, 15) is 24.6 Å². The normalized spacial score (nSPS) is 11.6. The van der Waals surface area contributed by atoms with Crippen molar-refractivity contribution in [1.29, 1.82) is 0 Å². The minimum Gasteiger partial charge on any atom is -0.507 e. The summed E-state index contributed by atoms with van der Waals surface area (Å²) in [6, 6.07) is 2.71. The highest BCUT2D eigenvalue weighted by atomic mass is 16.5. The number of carbonyl (C=O) groups is 2. The van der Waals surface area contributed by atoms with E-state index in [4.69, 9.17) is 14.9 Å². The highest BCUT2D eigenvalue weighted by Crippen LogP contribution is 2.39. The fraction of sp³-hybridized carbons (Fsp3) is 0.444. The molecule has 0 radical (unpaired) electrons. The number of benzene rings is 2. The summed E-state index contributed by atoms with van der Waals surface area (Å²) in [5, 5.41) is 21.7. The van der Waals surface area contributed by atoms with Crippen LogP contribution in [-0.4, -0.2) is 28.5 Å². The first-order valence-electron chi connectivity index (χ1n) is 11.8. The number of aromatic hydroxyl groups is 2. The summed E-state index contributed by atoms with van der Waals surface area (Å²) < 4.78 is 11.5. The summed E-state index contributed by atoms with van der Waals surface area (Å²) in [7, 11) is 0. The molecule has 8 nitrogen and oxygen atoms in total. The third-order valence-electron chi connectivity index (χ3n) is 6.04. The number of primary amides is 1. The smallest absolute Gasteiger partial charge is 0.255 e. The number of ketones is 1. The van der Waals surface area contributed by atoms with E-state index in [-0.39, 0.29) is 62.0 Å². The molecule has 0 aliphatic carbocycles. The van der Waals surface area contributed by atoms with Crippen LogP contribution in [-0.2, 0) is 17.6 Å². The lowest BCUT2D eigenvalue weighted by molar-refractivity contribution is -0.119. The highest BCUT2D eigenvalue weighted by molar-refractivity contribution is 6.05. The fourth-order valence-electron chi connectivity index (χ4n) is 4.24. The van der Waals surface area contributed by atoms with E-state index in [2.05, 4.69) is 0 Å². The Balaban J connectivity index is 2.41. The third-order valence-corrected chi connectivity index (χ3v) is 6.04. The van der Waals surface area contributed by atoms with Gasteiger partial charge >= 0.3 is 0 Å². The molecule has 188 valence electrons. The van der Waals surface area contributed by atoms with Gasteiger partial charge in [0.15, 0.2) is 12.4 Å². The van der Waals surface area contributed by atoms with Gasteiger partial charge in [0.1, 0.15) is 33.8 Å². The molecule has 0 spiro atoms. The largest absolute Gasteiger partial charge is 0.507 e. The third kappa shape index (κ3) is 5.42. The van der Waals surface area contributed by atoms with Crippen molar-refractivity contribution in [2.45, 2.75) is 60.3 Å². The Morgan fingerprint density at radius 3 is 2.09 bits per heavy atom. The second-order valence-corrected chi connectivity index (χ2v) is 9.80. The van der Waals surface area contributed by atoms with E-state index < -0.39 is 17.9 Å². The van der Waals surface area contributed by atoms with Crippen LogP contribution in [0.2, 0.25) is 0 Å². The maximum Gasteiger partial charge on any atom is 0.255 e. The van der Waals surface area contributed by atoms with Crippen LogP contribution in [0.1, 0.15) is 68.9 Å². The predicted molar refractivity (Wildman–Crippen MR) is 134 cm³/mol. The van der Waals surface area contributed by atoms with Gasteiger partial charge in [-0.1, -0.05) is 27.7 Å². The minimum atomic E-state index is -0.716. The van der Waals surface area contributed by atoms with Gasteiger partial charge in [-0.3, -0.25) is 14.4 Å². The first kappa shape index (κ1) is 26.1. The Morgan fingerprint density at radius 1 is 0.971 bits per heavy atom. The highest BCUT2D eigenvalue weighted by Gasteiger charge is 2.25. The Morgan fingerprint density at radius 2 is 1.54 bits per heavy atom. The van der Waals surface area contributed by atoms with Gasteiger partial charge in [0.25, 0.3) is 5.91 Å². The second kappa shape index (κ2) is 10.4. The van der Waals surface area contributed by atoms with Gasteiger partial charge < -0.3 is 25.1 Å². The van der Waals surface area contributed by atoms with Gasteiger partial charge in [0.05, 0.1) is 10.9 Å². The van der Waals surface area contributed by atoms with Crippen LogP contribution in [0.15, 0.2) is 21.3 Å². The number of Topliss-reactive ketones (excluding diaryl/α,β-unsaturated/α-hetero) is 1. The van der Waals surface area contributed by atoms with E-state index in [1.54, 1.807) is 0 Å². The molecule has 3 rings (SSSR count). The molecule has 0 unspecified atom stereocenters. The zero-order valence-corrected chi connectivity index (χ0v) is 20.9. The zero-order valence-electron chi connectivity index (χ0n) is 20.9. The van der Waals surface area contributed by atoms with Gasteiger partial charge in [0.2, 0.25) is 5.43 Å². The summed E-state index contributed by atoms with van der Waals surface area (Å²) in [6.45, 7) is 9.01. The minimum absolute atomic E-state index is 0.0111. The maximum atomic E-state index is 13.8. The molecule has 0 aliphatic heterocycles. The number of nitrogens with two attached hydrogens (primary N) is 1. The van der Waals surface area contributed by atoms with Crippen molar-refractivity contribution in [1.82, 2.24) is 0 Å². The van der Waals surface area contributed by atoms with Crippen LogP contribution >= 0.6 is 0 Å². The van der Waals surface area contributed by atoms with Gasteiger partial charge in [-0.05, 0) is 50.0 Å². The van der Waals surface area contributed by atoms with Gasteiger partial charge in [-0.2, -0.15) is 0 Å². The van der Waals surface area contributed by atoms with Crippen LogP contribution in [0.25, 0.3) is 21.9 Å². The second-order valence-electron chi connectivity index (χ2n) is 9.80. The summed E-state index contributed by atoms with van der Waals surface area (Å²) in [4.78, 5) is 37.8. The van der Waals surface area contributed by atoms with Crippen molar-refractivity contribution in [2.24, 2.45) is 17.6 Å². The van der Waals surface area contributed by atoms with Crippen LogP contribution < -0.4 is 15.9 Å². The monoisotopic (exact) mass is 483 g/mol. The van der Waals surface area contributed by atoms with Crippen molar-refractivity contribution in [3.8, 4) is 17.2 Å². The summed E-state index contributed by atoms with van der Waals surface area (Å²) in [6.07, 6.45) is 2.15. The number of rotatable bonds is 10.